The lowest BCUT2D eigenvalue weighted by molar-refractivity contribution is -0.384. The van der Waals surface area contributed by atoms with Crippen molar-refractivity contribution in [2.45, 2.75) is 20.0 Å². The van der Waals surface area contributed by atoms with Crippen LogP contribution in [0.4, 0.5) is 5.69 Å². The van der Waals surface area contributed by atoms with Crippen LogP contribution < -0.4 is 10.6 Å². The molecule has 0 radical (unpaired) electrons. The van der Waals surface area contributed by atoms with E-state index in [1.807, 2.05) is 18.4 Å². The molecule has 0 spiro atoms. The van der Waals surface area contributed by atoms with E-state index in [0.717, 1.165) is 11.1 Å². The summed E-state index contributed by atoms with van der Waals surface area (Å²) in [6.07, 6.45) is 0. The summed E-state index contributed by atoms with van der Waals surface area (Å²) < 4.78 is 0. The molecule has 1 heterocycles. The van der Waals surface area contributed by atoms with Crippen LogP contribution in [0.3, 0.4) is 0 Å². The molecule has 0 unspecified atom stereocenters. The van der Waals surface area contributed by atoms with Crippen molar-refractivity contribution in [3.8, 4) is 0 Å². The average Bonchev–Trinajstić information content (AvgIpc) is 3.07. The Morgan fingerprint density at radius 1 is 1.28 bits per heavy atom. The number of hydrogen-bond donors (Lipinski definition) is 2. The largest absolute Gasteiger partial charge is 0.353 e. The highest BCUT2D eigenvalue weighted by Crippen LogP contribution is 2.12. The first-order valence-electron chi connectivity index (χ1n) is 7.47. The Labute approximate surface area is 168 Å². The standard InChI is InChI=1S/C17H20N4O2S.HI/c1-13(2)10-18-17(20-12-16-4-3-9-24-16)19-11-14-5-7-15(8-6-14)21(22)23;/h3-9H,1,10-12H2,2H3,(H2,18,19,20);1H. The first-order valence-corrected chi connectivity index (χ1v) is 8.35. The van der Waals surface area contributed by atoms with Crippen molar-refractivity contribution in [2.75, 3.05) is 6.54 Å². The summed E-state index contributed by atoms with van der Waals surface area (Å²) in [7, 11) is 0. The maximum absolute atomic E-state index is 10.7. The van der Waals surface area contributed by atoms with Gasteiger partial charge in [-0.25, -0.2) is 4.99 Å². The molecule has 0 aliphatic rings. The Hall–Kier alpha value is -1.94. The zero-order valence-corrected chi connectivity index (χ0v) is 17.0. The minimum atomic E-state index is -0.407. The number of rotatable bonds is 7. The molecule has 6 nitrogen and oxygen atoms in total. The number of nitrogens with zero attached hydrogens (tertiary/aromatic N) is 2. The number of non-ortho nitro benzene ring substituents is 1. The summed E-state index contributed by atoms with van der Waals surface area (Å²) in [4.78, 5) is 16.0. The third-order valence-electron chi connectivity index (χ3n) is 3.13. The van der Waals surface area contributed by atoms with Crippen LogP contribution in [-0.2, 0) is 13.1 Å². The summed E-state index contributed by atoms with van der Waals surface area (Å²) in [5.41, 5.74) is 2.00. The van der Waals surface area contributed by atoms with Crippen LogP contribution in [0.1, 0.15) is 17.4 Å². The van der Waals surface area contributed by atoms with Crippen molar-refractivity contribution in [3.63, 3.8) is 0 Å². The Kier molecular flexibility index (Phi) is 9.14. The van der Waals surface area contributed by atoms with E-state index in [1.165, 1.54) is 17.0 Å². The fourth-order valence-electron chi connectivity index (χ4n) is 1.89. The number of thiophene rings is 1. The number of aliphatic imine (C=N–C) groups is 1. The lowest BCUT2D eigenvalue weighted by Crippen LogP contribution is -2.37. The molecule has 0 aliphatic carbocycles. The van der Waals surface area contributed by atoms with Gasteiger partial charge in [0, 0.05) is 23.6 Å². The van der Waals surface area contributed by atoms with Crippen molar-refractivity contribution < 1.29 is 4.92 Å². The van der Waals surface area contributed by atoms with Crippen molar-refractivity contribution >= 4 is 47.0 Å². The van der Waals surface area contributed by atoms with E-state index >= 15 is 0 Å². The Balaban J connectivity index is 0.00000312. The van der Waals surface area contributed by atoms with E-state index in [0.29, 0.717) is 25.6 Å². The van der Waals surface area contributed by atoms with Gasteiger partial charge >= 0.3 is 0 Å². The van der Waals surface area contributed by atoms with E-state index in [9.17, 15) is 10.1 Å². The van der Waals surface area contributed by atoms with Gasteiger partial charge in [-0.15, -0.1) is 35.3 Å². The van der Waals surface area contributed by atoms with Gasteiger partial charge < -0.3 is 10.6 Å². The molecular formula is C17H21IN4O2S. The van der Waals surface area contributed by atoms with E-state index in [4.69, 9.17) is 0 Å². The van der Waals surface area contributed by atoms with Crippen LogP contribution in [-0.4, -0.2) is 17.4 Å². The second-order valence-corrected chi connectivity index (χ2v) is 6.36. The Bertz CT molecular complexity index is 715. The fraction of sp³-hybridized carbons (Fsp3) is 0.235. The van der Waals surface area contributed by atoms with Crippen LogP contribution in [0.15, 0.2) is 58.9 Å². The summed E-state index contributed by atoms with van der Waals surface area (Å²) in [6, 6.07) is 10.5. The van der Waals surface area contributed by atoms with Crippen LogP contribution in [0.25, 0.3) is 0 Å². The van der Waals surface area contributed by atoms with E-state index in [-0.39, 0.29) is 29.7 Å². The second kappa shape index (κ2) is 10.8. The van der Waals surface area contributed by atoms with Crippen molar-refractivity contribution in [3.05, 3.63) is 74.5 Å². The van der Waals surface area contributed by atoms with Crippen LogP contribution >= 0.6 is 35.3 Å². The van der Waals surface area contributed by atoms with Gasteiger partial charge in [-0.1, -0.05) is 30.4 Å². The van der Waals surface area contributed by atoms with Crippen molar-refractivity contribution in [2.24, 2.45) is 4.99 Å². The summed E-state index contributed by atoms with van der Waals surface area (Å²) in [5, 5.41) is 19.2. The molecule has 0 amide bonds. The molecule has 0 fully saturated rings. The number of halogens is 1. The van der Waals surface area contributed by atoms with E-state index < -0.39 is 4.92 Å². The predicted molar refractivity (Wildman–Crippen MR) is 114 cm³/mol. The van der Waals surface area contributed by atoms with Gasteiger partial charge in [0.2, 0.25) is 0 Å². The van der Waals surface area contributed by atoms with Gasteiger partial charge in [0.15, 0.2) is 5.96 Å². The zero-order valence-electron chi connectivity index (χ0n) is 13.9. The highest BCUT2D eigenvalue weighted by molar-refractivity contribution is 14.0. The fourth-order valence-corrected chi connectivity index (χ4v) is 2.53. The lowest BCUT2D eigenvalue weighted by atomic mass is 10.2. The number of guanidine groups is 1. The molecular weight excluding hydrogens is 451 g/mol. The maximum Gasteiger partial charge on any atom is 0.269 e. The number of hydrogen-bond acceptors (Lipinski definition) is 4. The SMILES string of the molecule is C=C(C)CNC(=NCc1ccc([N+](=O)[O-])cc1)NCc1cccs1.I. The molecule has 134 valence electrons. The molecule has 0 bridgehead atoms. The number of nitro benzene ring substituents is 1. The number of nitro groups is 1. The minimum absolute atomic E-state index is 0. The molecule has 1 aromatic heterocycles. The van der Waals surface area contributed by atoms with E-state index in [2.05, 4.69) is 28.3 Å². The van der Waals surface area contributed by atoms with Gasteiger partial charge in [0.05, 0.1) is 18.0 Å². The highest BCUT2D eigenvalue weighted by Gasteiger charge is 2.04. The molecule has 0 saturated carbocycles. The molecule has 25 heavy (non-hydrogen) atoms. The normalized spacial score (nSPS) is 10.7. The van der Waals surface area contributed by atoms with Crippen LogP contribution in [0.5, 0.6) is 0 Å². The average molecular weight is 472 g/mol. The minimum Gasteiger partial charge on any atom is -0.353 e. The van der Waals surface area contributed by atoms with Gasteiger partial charge in [0.25, 0.3) is 5.69 Å². The molecule has 0 saturated heterocycles. The summed E-state index contributed by atoms with van der Waals surface area (Å²) >= 11 is 1.68. The van der Waals surface area contributed by atoms with Gasteiger partial charge in [-0.2, -0.15) is 0 Å². The van der Waals surface area contributed by atoms with Crippen molar-refractivity contribution in [1.29, 1.82) is 0 Å². The first kappa shape index (κ1) is 21.1. The maximum atomic E-state index is 10.7. The molecule has 8 heteroatoms. The molecule has 0 atom stereocenters. The molecule has 0 aliphatic heterocycles. The molecule has 1 aromatic carbocycles. The summed E-state index contributed by atoms with van der Waals surface area (Å²) in [6.45, 7) is 7.59. The quantitative estimate of drug-likeness (QED) is 0.159. The van der Waals surface area contributed by atoms with Crippen LogP contribution in [0, 0.1) is 10.1 Å². The smallest absolute Gasteiger partial charge is 0.269 e. The highest BCUT2D eigenvalue weighted by atomic mass is 127. The van der Waals surface area contributed by atoms with Crippen molar-refractivity contribution in [1.82, 2.24) is 10.6 Å². The number of benzene rings is 1. The molecule has 2 rings (SSSR count). The lowest BCUT2D eigenvalue weighted by Gasteiger charge is -2.12. The zero-order chi connectivity index (χ0) is 17.4. The molecule has 2 aromatic rings. The monoisotopic (exact) mass is 472 g/mol. The first-order chi connectivity index (χ1) is 11.5. The Morgan fingerprint density at radius 2 is 2.00 bits per heavy atom. The molecule has 2 N–H and O–H groups in total. The second-order valence-electron chi connectivity index (χ2n) is 5.33. The topological polar surface area (TPSA) is 79.6 Å². The number of nitrogens with one attached hydrogen (secondary N) is 2. The third-order valence-corrected chi connectivity index (χ3v) is 4.01. The Morgan fingerprint density at radius 3 is 2.56 bits per heavy atom. The summed E-state index contributed by atoms with van der Waals surface area (Å²) in [5.74, 6) is 0.685. The van der Waals surface area contributed by atoms with E-state index in [1.54, 1.807) is 23.5 Å². The van der Waals surface area contributed by atoms with Gasteiger partial charge in [-0.3, -0.25) is 10.1 Å². The third kappa shape index (κ3) is 7.65. The van der Waals surface area contributed by atoms with Crippen LogP contribution in [0.2, 0.25) is 0 Å². The van der Waals surface area contributed by atoms with Gasteiger partial charge in [-0.05, 0) is 23.9 Å². The predicted octanol–water partition coefficient (Wildman–Crippen LogP) is 4.09. The van der Waals surface area contributed by atoms with Gasteiger partial charge in [0.1, 0.15) is 0 Å².